The lowest BCUT2D eigenvalue weighted by Gasteiger charge is -2.22. The Kier molecular flexibility index (Phi) is 4.18. The van der Waals surface area contributed by atoms with Crippen LogP contribution in [0.3, 0.4) is 0 Å². The Labute approximate surface area is 110 Å². The van der Waals surface area contributed by atoms with Crippen molar-refractivity contribution in [1.29, 1.82) is 0 Å². The molecule has 5 heteroatoms. The molecule has 3 nitrogen and oxygen atoms in total. The summed E-state index contributed by atoms with van der Waals surface area (Å²) in [5.41, 5.74) is 6.62. The van der Waals surface area contributed by atoms with Crippen LogP contribution in [0.5, 0.6) is 0 Å². The van der Waals surface area contributed by atoms with Crippen LogP contribution >= 0.6 is 23.4 Å². The first-order valence-corrected chi connectivity index (χ1v) is 7.14. The number of nitrogens with one attached hydrogen (secondary N) is 1. The highest BCUT2D eigenvalue weighted by Crippen LogP contribution is 2.23. The number of hydrogen-bond acceptors (Lipinski definition) is 3. The Morgan fingerprint density at radius 1 is 1.41 bits per heavy atom. The third-order valence-corrected chi connectivity index (χ3v) is 4.23. The number of amides is 1. The largest absolute Gasteiger partial charge is 0.397 e. The lowest BCUT2D eigenvalue weighted by atomic mass is 10.1. The average Bonchev–Trinajstić information content (AvgIpc) is 2.34. The molecule has 0 spiro atoms. The van der Waals surface area contributed by atoms with Gasteiger partial charge in [-0.3, -0.25) is 4.79 Å². The van der Waals surface area contributed by atoms with Crippen LogP contribution in [0.1, 0.15) is 23.2 Å². The Balaban J connectivity index is 2.06. The summed E-state index contributed by atoms with van der Waals surface area (Å²) >= 11 is 7.82. The maximum Gasteiger partial charge on any atom is 0.253 e. The van der Waals surface area contributed by atoms with E-state index in [9.17, 15) is 4.79 Å². The van der Waals surface area contributed by atoms with Crippen molar-refractivity contribution in [2.24, 2.45) is 0 Å². The van der Waals surface area contributed by atoms with Crippen LogP contribution in [0, 0.1) is 0 Å². The van der Waals surface area contributed by atoms with Gasteiger partial charge < -0.3 is 11.1 Å². The lowest BCUT2D eigenvalue weighted by molar-refractivity contribution is 0.0936. The van der Waals surface area contributed by atoms with Crippen molar-refractivity contribution >= 4 is 35.0 Å². The molecule has 0 aliphatic carbocycles. The van der Waals surface area contributed by atoms with Gasteiger partial charge in [0.05, 0.1) is 16.3 Å². The molecule has 1 aliphatic heterocycles. The zero-order valence-corrected chi connectivity index (χ0v) is 11.0. The zero-order chi connectivity index (χ0) is 12.3. The summed E-state index contributed by atoms with van der Waals surface area (Å²) in [6, 6.07) is 5.39. The van der Waals surface area contributed by atoms with Crippen molar-refractivity contribution in [1.82, 2.24) is 5.32 Å². The summed E-state index contributed by atoms with van der Waals surface area (Å²) in [4.78, 5) is 12.0. The second-order valence-electron chi connectivity index (χ2n) is 4.06. The maximum absolute atomic E-state index is 12.0. The summed E-state index contributed by atoms with van der Waals surface area (Å²) in [7, 11) is 0. The molecule has 0 unspecified atom stereocenters. The van der Waals surface area contributed by atoms with E-state index >= 15 is 0 Å². The highest BCUT2D eigenvalue weighted by atomic mass is 35.5. The van der Waals surface area contributed by atoms with Crippen molar-refractivity contribution in [3.8, 4) is 0 Å². The van der Waals surface area contributed by atoms with E-state index in [1.165, 1.54) is 0 Å². The Morgan fingerprint density at radius 3 is 2.82 bits per heavy atom. The van der Waals surface area contributed by atoms with Crippen molar-refractivity contribution in [3.05, 3.63) is 28.8 Å². The smallest absolute Gasteiger partial charge is 0.253 e. The number of benzene rings is 1. The van der Waals surface area contributed by atoms with Gasteiger partial charge >= 0.3 is 0 Å². The van der Waals surface area contributed by atoms with Gasteiger partial charge in [0.1, 0.15) is 0 Å². The minimum Gasteiger partial charge on any atom is -0.397 e. The van der Waals surface area contributed by atoms with Crippen LogP contribution in [-0.4, -0.2) is 23.5 Å². The topological polar surface area (TPSA) is 55.1 Å². The van der Waals surface area contributed by atoms with Crippen molar-refractivity contribution < 1.29 is 4.79 Å². The second kappa shape index (κ2) is 5.65. The number of anilines is 1. The SMILES string of the molecule is Nc1c(Cl)cccc1C(=O)NC1CCSCC1. The third-order valence-electron chi connectivity index (χ3n) is 2.85. The first-order chi connectivity index (χ1) is 8.18. The van der Waals surface area contributed by atoms with E-state index in [1.807, 2.05) is 11.8 Å². The molecule has 0 saturated carbocycles. The Morgan fingerprint density at radius 2 is 2.12 bits per heavy atom. The van der Waals surface area contributed by atoms with Crippen LogP contribution in [0.4, 0.5) is 5.69 Å². The fourth-order valence-electron chi connectivity index (χ4n) is 1.84. The minimum absolute atomic E-state index is 0.123. The summed E-state index contributed by atoms with van der Waals surface area (Å²) in [6.07, 6.45) is 2.05. The van der Waals surface area contributed by atoms with Gasteiger partial charge in [0.15, 0.2) is 0 Å². The molecule has 1 aliphatic rings. The number of carbonyl (C=O) groups excluding carboxylic acids is 1. The number of carbonyl (C=O) groups is 1. The Hall–Kier alpha value is -0.870. The third kappa shape index (κ3) is 3.07. The molecule has 0 atom stereocenters. The molecule has 0 radical (unpaired) electrons. The molecule has 92 valence electrons. The number of thioether (sulfide) groups is 1. The summed E-state index contributed by atoms with van der Waals surface area (Å²) < 4.78 is 0. The van der Waals surface area contributed by atoms with Crippen LogP contribution in [-0.2, 0) is 0 Å². The number of halogens is 1. The van der Waals surface area contributed by atoms with Crippen molar-refractivity contribution in [3.63, 3.8) is 0 Å². The van der Waals surface area contributed by atoms with Gasteiger partial charge in [-0.2, -0.15) is 11.8 Å². The van der Waals surface area contributed by atoms with Crippen LogP contribution in [0.25, 0.3) is 0 Å². The maximum atomic E-state index is 12.0. The van der Waals surface area contributed by atoms with Crippen molar-refractivity contribution in [2.75, 3.05) is 17.2 Å². The highest BCUT2D eigenvalue weighted by Gasteiger charge is 2.18. The molecule has 1 amide bonds. The predicted molar refractivity (Wildman–Crippen MR) is 73.7 cm³/mol. The first-order valence-electron chi connectivity index (χ1n) is 5.61. The number of rotatable bonds is 2. The normalized spacial score (nSPS) is 16.8. The molecule has 1 saturated heterocycles. The fourth-order valence-corrected chi connectivity index (χ4v) is 3.12. The van der Waals surface area contributed by atoms with Crippen LogP contribution in [0.15, 0.2) is 18.2 Å². The Bertz CT molecular complexity index is 419. The molecule has 0 aromatic heterocycles. The van der Waals surface area contributed by atoms with Gasteiger partial charge in [0, 0.05) is 6.04 Å². The van der Waals surface area contributed by atoms with Crippen molar-refractivity contribution in [2.45, 2.75) is 18.9 Å². The molecule has 17 heavy (non-hydrogen) atoms. The van der Waals surface area contributed by atoms with E-state index in [4.69, 9.17) is 17.3 Å². The number of nitrogen functional groups attached to an aromatic ring is 1. The van der Waals surface area contributed by atoms with Gasteiger partial charge in [-0.05, 0) is 36.5 Å². The van der Waals surface area contributed by atoms with E-state index in [2.05, 4.69) is 5.32 Å². The first kappa shape index (κ1) is 12.6. The quantitative estimate of drug-likeness (QED) is 0.812. The summed E-state index contributed by atoms with van der Waals surface area (Å²) in [6.45, 7) is 0. The number of para-hydroxylation sites is 1. The standard InChI is InChI=1S/C12H15ClN2OS/c13-10-3-1-2-9(11(10)14)12(16)15-8-4-6-17-7-5-8/h1-3,8H,4-7,14H2,(H,15,16). The fraction of sp³-hybridized carbons (Fsp3) is 0.417. The molecular formula is C12H15ClN2OS. The molecule has 2 rings (SSSR count). The van der Waals surface area contributed by atoms with E-state index in [0.717, 1.165) is 24.3 Å². The predicted octanol–water partition coefficient (Wildman–Crippen LogP) is 2.55. The lowest BCUT2D eigenvalue weighted by Crippen LogP contribution is -2.37. The number of nitrogens with two attached hydrogens (primary N) is 1. The van der Waals surface area contributed by atoms with E-state index in [-0.39, 0.29) is 11.9 Å². The summed E-state index contributed by atoms with van der Waals surface area (Å²) in [5.74, 6) is 2.09. The minimum atomic E-state index is -0.123. The summed E-state index contributed by atoms with van der Waals surface area (Å²) in [5, 5.41) is 3.44. The zero-order valence-electron chi connectivity index (χ0n) is 9.41. The molecule has 3 N–H and O–H groups in total. The second-order valence-corrected chi connectivity index (χ2v) is 5.69. The number of hydrogen-bond donors (Lipinski definition) is 2. The van der Waals surface area contributed by atoms with Gasteiger partial charge in [-0.15, -0.1) is 0 Å². The molecule has 1 aromatic rings. The van der Waals surface area contributed by atoms with Gasteiger partial charge in [-0.1, -0.05) is 17.7 Å². The van der Waals surface area contributed by atoms with E-state index in [0.29, 0.717) is 16.3 Å². The monoisotopic (exact) mass is 270 g/mol. The molecule has 0 bridgehead atoms. The average molecular weight is 271 g/mol. The molecule has 1 aromatic carbocycles. The van der Waals surface area contributed by atoms with Crippen LogP contribution < -0.4 is 11.1 Å². The van der Waals surface area contributed by atoms with E-state index in [1.54, 1.807) is 18.2 Å². The van der Waals surface area contributed by atoms with Gasteiger partial charge in [0.25, 0.3) is 5.91 Å². The highest BCUT2D eigenvalue weighted by molar-refractivity contribution is 7.99. The molecule has 1 heterocycles. The molecular weight excluding hydrogens is 256 g/mol. The van der Waals surface area contributed by atoms with Crippen LogP contribution in [0.2, 0.25) is 5.02 Å². The van der Waals surface area contributed by atoms with E-state index < -0.39 is 0 Å². The van der Waals surface area contributed by atoms with Gasteiger partial charge in [0.2, 0.25) is 0 Å². The van der Waals surface area contributed by atoms with Gasteiger partial charge in [-0.25, -0.2) is 0 Å². The molecule has 1 fully saturated rings.